The monoisotopic (exact) mass is 266 g/mol. The van der Waals surface area contributed by atoms with Crippen LogP contribution in [0.15, 0.2) is 18.2 Å². The molecule has 0 aliphatic rings. The lowest BCUT2D eigenvalue weighted by Gasteiger charge is -2.09. The predicted molar refractivity (Wildman–Crippen MR) is 75.4 cm³/mol. The van der Waals surface area contributed by atoms with Crippen LogP contribution in [0.2, 0.25) is 0 Å². The van der Waals surface area contributed by atoms with Gasteiger partial charge in [-0.2, -0.15) is 0 Å². The maximum absolute atomic E-state index is 11.9. The Morgan fingerprint density at radius 3 is 2.74 bits per heavy atom. The molecule has 0 unspecified atom stereocenters. The first-order valence-electron chi connectivity index (χ1n) is 6.33. The fraction of sp³-hybridized carbons (Fsp3) is 0.500. The number of nitrogens with one attached hydrogen (secondary N) is 1. The van der Waals surface area contributed by atoms with Crippen LogP contribution in [0.25, 0.3) is 0 Å². The van der Waals surface area contributed by atoms with Gasteiger partial charge < -0.3 is 20.5 Å². The third kappa shape index (κ3) is 5.61. The van der Waals surface area contributed by atoms with Gasteiger partial charge in [0.2, 0.25) is 0 Å². The molecule has 1 aromatic rings. The van der Waals surface area contributed by atoms with Gasteiger partial charge in [-0.25, -0.2) is 0 Å². The standard InChI is InChI=1S/C14H22N2O3/c1-10(2)9-19-5-4-16-14(17)11-6-12(15)8-13(7-11)18-3/h6-8,10H,4-5,9,15H2,1-3H3,(H,16,17). The third-order valence-electron chi connectivity index (χ3n) is 2.41. The minimum atomic E-state index is -0.182. The maximum Gasteiger partial charge on any atom is 0.251 e. The Morgan fingerprint density at radius 2 is 2.11 bits per heavy atom. The van der Waals surface area contributed by atoms with Crippen LogP contribution in [0.3, 0.4) is 0 Å². The van der Waals surface area contributed by atoms with E-state index in [-0.39, 0.29) is 5.91 Å². The third-order valence-corrected chi connectivity index (χ3v) is 2.41. The molecule has 1 amide bonds. The Hall–Kier alpha value is -1.75. The van der Waals surface area contributed by atoms with Crippen molar-refractivity contribution in [2.45, 2.75) is 13.8 Å². The van der Waals surface area contributed by atoms with Crippen LogP contribution in [0.1, 0.15) is 24.2 Å². The fourth-order valence-corrected chi connectivity index (χ4v) is 1.53. The van der Waals surface area contributed by atoms with E-state index in [9.17, 15) is 4.79 Å². The van der Waals surface area contributed by atoms with E-state index in [1.807, 2.05) is 0 Å². The normalized spacial score (nSPS) is 10.5. The summed E-state index contributed by atoms with van der Waals surface area (Å²) in [6.07, 6.45) is 0. The van der Waals surface area contributed by atoms with E-state index >= 15 is 0 Å². The summed E-state index contributed by atoms with van der Waals surface area (Å²) in [5, 5.41) is 2.78. The number of ether oxygens (including phenoxy) is 2. The zero-order valence-electron chi connectivity index (χ0n) is 11.7. The molecule has 0 saturated carbocycles. The van der Waals surface area contributed by atoms with Gasteiger partial charge in [0, 0.05) is 30.5 Å². The van der Waals surface area contributed by atoms with Gasteiger partial charge >= 0.3 is 0 Å². The number of methoxy groups -OCH3 is 1. The average molecular weight is 266 g/mol. The lowest BCUT2D eigenvalue weighted by Crippen LogP contribution is -2.27. The number of carbonyl (C=O) groups excluding carboxylic acids is 1. The molecule has 0 heterocycles. The summed E-state index contributed by atoms with van der Waals surface area (Å²) in [7, 11) is 1.54. The van der Waals surface area contributed by atoms with Crippen molar-refractivity contribution in [2.24, 2.45) is 5.92 Å². The first-order chi connectivity index (χ1) is 9.02. The second-order valence-corrected chi connectivity index (χ2v) is 4.72. The number of rotatable bonds is 7. The highest BCUT2D eigenvalue weighted by Crippen LogP contribution is 2.18. The number of hydrogen-bond acceptors (Lipinski definition) is 4. The molecule has 0 fully saturated rings. The van der Waals surface area contributed by atoms with Crippen LogP contribution in [0, 0.1) is 5.92 Å². The molecule has 106 valence electrons. The van der Waals surface area contributed by atoms with Crippen molar-refractivity contribution in [2.75, 3.05) is 32.6 Å². The Labute approximate surface area is 114 Å². The molecule has 0 spiro atoms. The summed E-state index contributed by atoms with van der Waals surface area (Å²) in [5.74, 6) is 0.883. The van der Waals surface area contributed by atoms with Gasteiger partial charge in [-0.05, 0) is 18.1 Å². The van der Waals surface area contributed by atoms with Gasteiger partial charge in [0.25, 0.3) is 5.91 Å². The smallest absolute Gasteiger partial charge is 0.251 e. The second-order valence-electron chi connectivity index (χ2n) is 4.72. The number of anilines is 1. The molecule has 1 rings (SSSR count). The maximum atomic E-state index is 11.9. The number of nitrogen functional groups attached to an aromatic ring is 1. The highest BCUT2D eigenvalue weighted by molar-refractivity contribution is 5.95. The van der Waals surface area contributed by atoms with Gasteiger partial charge in [0.15, 0.2) is 0 Å². The van der Waals surface area contributed by atoms with Crippen molar-refractivity contribution in [3.05, 3.63) is 23.8 Å². The fourth-order valence-electron chi connectivity index (χ4n) is 1.53. The molecule has 5 nitrogen and oxygen atoms in total. The van der Waals surface area contributed by atoms with E-state index < -0.39 is 0 Å². The van der Waals surface area contributed by atoms with E-state index in [1.54, 1.807) is 18.2 Å². The minimum Gasteiger partial charge on any atom is -0.497 e. The molecule has 0 atom stereocenters. The Kier molecular flexibility index (Phi) is 6.15. The van der Waals surface area contributed by atoms with E-state index in [2.05, 4.69) is 19.2 Å². The van der Waals surface area contributed by atoms with Crippen molar-refractivity contribution in [3.8, 4) is 5.75 Å². The second kappa shape index (κ2) is 7.63. The number of amides is 1. The molecule has 0 bridgehead atoms. The van der Waals surface area contributed by atoms with Crippen LogP contribution >= 0.6 is 0 Å². The van der Waals surface area contributed by atoms with Gasteiger partial charge in [-0.1, -0.05) is 13.8 Å². The molecular weight excluding hydrogens is 244 g/mol. The van der Waals surface area contributed by atoms with Crippen molar-refractivity contribution in [1.29, 1.82) is 0 Å². The Bertz CT molecular complexity index is 419. The summed E-state index contributed by atoms with van der Waals surface area (Å²) in [6.45, 7) is 5.84. The van der Waals surface area contributed by atoms with Gasteiger partial charge in [-0.15, -0.1) is 0 Å². The highest BCUT2D eigenvalue weighted by Gasteiger charge is 2.07. The Morgan fingerprint density at radius 1 is 1.37 bits per heavy atom. The zero-order valence-corrected chi connectivity index (χ0v) is 11.7. The van der Waals surface area contributed by atoms with Gasteiger partial charge in [0.1, 0.15) is 5.75 Å². The summed E-state index contributed by atoms with van der Waals surface area (Å²) < 4.78 is 10.5. The first-order valence-corrected chi connectivity index (χ1v) is 6.33. The van der Waals surface area contributed by atoms with Gasteiger partial charge in [-0.3, -0.25) is 4.79 Å². The van der Waals surface area contributed by atoms with E-state index in [4.69, 9.17) is 15.2 Å². The Balaban J connectivity index is 2.43. The first kappa shape index (κ1) is 15.3. The average Bonchev–Trinajstić information content (AvgIpc) is 2.36. The van der Waals surface area contributed by atoms with E-state index in [0.29, 0.717) is 42.7 Å². The van der Waals surface area contributed by atoms with Crippen LogP contribution in [-0.4, -0.2) is 32.8 Å². The van der Waals surface area contributed by atoms with Crippen LogP contribution in [-0.2, 0) is 4.74 Å². The van der Waals surface area contributed by atoms with Crippen molar-refractivity contribution in [3.63, 3.8) is 0 Å². The molecule has 0 aliphatic carbocycles. The molecule has 5 heteroatoms. The lowest BCUT2D eigenvalue weighted by molar-refractivity contribution is 0.0886. The number of nitrogens with two attached hydrogens (primary N) is 1. The predicted octanol–water partition coefficient (Wildman–Crippen LogP) is 1.68. The van der Waals surface area contributed by atoms with E-state index in [1.165, 1.54) is 7.11 Å². The summed E-state index contributed by atoms with van der Waals surface area (Å²) in [4.78, 5) is 11.9. The molecule has 0 radical (unpaired) electrons. The molecule has 0 saturated heterocycles. The number of carbonyl (C=O) groups is 1. The van der Waals surface area contributed by atoms with Crippen molar-refractivity contribution in [1.82, 2.24) is 5.32 Å². The molecule has 3 N–H and O–H groups in total. The topological polar surface area (TPSA) is 73.6 Å². The molecule has 19 heavy (non-hydrogen) atoms. The summed E-state index contributed by atoms with van der Waals surface area (Å²) in [5.41, 5.74) is 6.69. The molecule has 1 aromatic carbocycles. The SMILES string of the molecule is COc1cc(N)cc(C(=O)NCCOCC(C)C)c1. The minimum absolute atomic E-state index is 0.182. The molecular formula is C14H22N2O3. The lowest BCUT2D eigenvalue weighted by atomic mass is 10.2. The number of hydrogen-bond donors (Lipinski definition) is 2. The summed E-state index contributed by atoms with van der Waals surface area (Å²) >= 11 is 0. The quantitative estimate of drug-likeness (QED) is 0.581. The number of benzene rings is 1. The zero-order chi connectivity index (χ0) is 14.3. The molecule has 0 aliphatic heterocycles. The van der Waals surface area contributed by atoms with E-state index in [0.717, 1.165) is 0 Å². The molecule has 0 aromatic heterocycles. The van der Waals surface area contributed by atoms with Gasteiger partial charge in [0.05, 0.1) is 13.7 Å². The van der Waals surface area contributed by atoms with Crippen molar-refractivity contribution >= 4 is 11.6 Å². The largest absolute Gasteiger partial charge is 0.497 e. The van der Waals surface area contributed by atoms with Crippen LogP contribution < -0.4 is 15.8 Å². The summed E-state index contributed by atoms with van der Waals surface area (Å²) in [6, 6.07) is 4.94. The van der Waals surface area contributed by atoms with Crippen molar-refractivity contribution < 1.29 is 14.3 Å². The van der Waals surface area contributed by atoms with Crippen LogP contribution in [0.5, 0.6) is 5.75 Å². The van der Waals surface area contributed by atoms with Crippen LogP contribution in [0.4, 0.5) is 5.69 Å². The highest BCUT2D eigenvalue weighted by atomic mass is 16.5.